The minimum atomic E-state index is 0.753. The molecule has 0 N–H and O–H groups in total. The van der Waals surface area contributed by atoms with E-state index in [1.54, 1.807) is 7.11 Å². The Hall–Kier alpha value is -0.450. The van der Waals surface area contributed by atoms with E-state index in [1.165, 1.54) is 0 Å². The van der Waals surface area contributed by atoms with Crippen LogP contribution in [0.4, 0.5) is 0 Å². The van der Waals surface area contributed by atoms with Gasteiger partial charge in [0.25, 0.3) is 0 Å². The lowest BCUT2D eigenvalue weighted by atomic mass is 10.3. The SMILES string of the molecule is CCCOc1cccc(OC)c1I. The second-order valence-electron chi connectivity index (χ2n) is 2.62. The normalized spacial score (nSPS) is 9.77. The van der Waals surface area contributed by atoms with E-state index in [4.69, 9.17) is 9.47 Å². The van der Waals surface area contributed by atoms with Crippen molar-refractivity contribution in [3.8, 4) is 11.5 Å². The zero-order chi connectivity index (χ0) is 9.68. The van der Waals surface area contributed by atoms with Gasteiger partial charge in [-0.3, -0.25) is 0 Å². The third-order valence-electron chi connectivity index (χ3n) is 1.61. The van der Waals surface area contributed by atoms with Gasteiger partial charge in [-0.25, -0.2) is 0 Å². The van der Waals surface area contributed by atoms with Crippen LogP contribution in [0.3, 0.4) is 0 Å². The summed E-state index contributed by atoms with van der Waals surface area (Å²) in [7, 11) is 1.67. The van der Waals surface area contributed by atoms with Crippen molar-refractivity contribution in [2.45, 2.75) is 13.3 Å². The lowest BCUT2D eigenvalue weighted by molar-refractivity contribution is 0.311. The Labute approximate surface area is 92.4 Å². The van der Waals surface area contributed by atoms with E-state index in [0.29, 0.717) is 0 Å². The molecule has 72 valence electrons. The second kappa shape index (κ2) is 5.32. The van der Waals surface area contributed by atoms with Gasteiger partial charge in [-0.1, -0.05) is 13.0 Å². The Kier molecular flexibility index (Phi) is 4.35. The standard InChI is InChI=1S/C10H13IO2/c1-3-7-13-9-6-4-5-8(12-2)10(9)11/h4-6H,3,7H2,1-2H3. The highest BCUT2D eigenvalue weighted by Crippen LogP contribution is 2.29. The Morgan fingerprint density at radius 2 is 2.00 bits per heavy atom. The summed E-state index contributed by atoms with van der Waals surface area (Å²) in [6, 6.07) is 5.83. The Balaban J connectivity index is 2.81. The van der Waals surface area contributed by atoms with Crippen LogP contribution >= 0.6 is 22.6 Å². The van der Waals surface area contributed by atoms with Crippen molar-refractivity contribution in [1.29, 1.82) is 0 Å². The minimum absolute atomic E-state index is 0.753. The number of hydrogen-bond acceptors (Lipinski definition) is 2. The van der Waals surface area contributed by atoms with Gasteiger partial charge in [-0.05, 0) is 41.1 Å². The van der Waals surface area contributed by atoms with Crippen molar-refractivity contribution in [2.24, 2.45) is 0 Å². The fraction of sp³-hybridized carbons (Fsp3) is 0.400. The lowest BCUT2D eigenvalue weighted by Gasteiger charge is -2.09. The summed E-state index contributed by atoms with van der Waals surface area (Å²) in [5.41, 5.74) is 0. The molecule has 0 amide bonds. The van der Waals surface area contributed by atoms with E-state index in [-0.39, 0.29) is 0 Å². The third kappa shape index (κ3) is 2.76. The van der Waals surface area contributed by atoms with E-state index >= 15 is 0 Å². The van der Waals surface area contributed by atoms with Gasteiger partial charge in [-0.15, -0.1) is 0 Å². The van der Waals surface area contributed by atoms with E-state index in [0.717, 1.165) is 28.1 Å². The Morgan fingerprint density at radius 1 is 1.31 bits per heavy atom. The number of halogens is 1. The first kappa shape index (κ1) is 10.6. The van der Waals surface area contributed by atoms with Crippen LogP contribution in [0.1, 0.15) is 13.3 Å². The Morgan fingerprint density at radius 3 is 2.62 bits per heavy atom. The van der Waals surface area contributed by atoms with Crippen LogP contribution in [0.25, 0.3) is 0 Å². The number of benzene rings is 1. The molecule has 0 saturated carbocycles. The molecule has 0 bridgehead atoms. The molecule has 3 heteroatoms. The van der Waals surface area contributed by atoms with E-state index in [2.05, 4.69) is 29.5 Å². The highest BCUT2D eigenvalue weighted by molar-refractivity contribution is 14.1. The van der Waals surface area contributed by atoms with Gasteiger partial charge in [0.1, 0.15) is 11.5 Å². The summed E-state index contributed by atoms with van der Waals surface area (Å²) in [6.07, 6.45) is 1.02. The van der Waals surface area contributed by atoms with Crippen LogP contribution in [-0.2, 0) is 0 Å². The smallest absolute Gasteiger partial charge is 0.136 e. The van der Waals surface area contributed by atoms with Crippen LogP contribution in [0.5, 0.6) is 11.5 Å². The van der Waals surface area contributed by atoms with E-state index < -0.39 is 0 Å². The molecule has 0 atom stereocenters. The maximum absolute atomic E-state index is 5.54. The van der Waals surface area contributed by atoms with E-state index in [1.807, 2.05) is 18.2 Å². The van der Waals surface area contributed by atoms with Gasteiger partial charge in [-0.2, -0.15) is 0 Å². The molecular weight excluding hydrogens is 279 g/mol. The first-order valence-electron chi connectivity index (χ1n) is 4.25. The molecule has 1 aromatic rings. The molecule has 0 aromatic heterocycles. The highest BCUT2D eigenvalue weighted by atomic mass is 127. The molecule has 13 heavy (non-hydrogen) atoms. The van der Waals surface area contributed by atoms with Crippen LogP contribution in [0, 0.1) is 3.57 Å². The number of methoxy groups -OCH3 is 1. The second-order valence-corrected chi connectivity index (χ2v) is 3.70. The predicted octanol–water partition coefficient (Wildman–Crippen LogP) is 3.09. The molecule has 1 aromatic carbocycles. The molecule has 2 nitrogen and oxygen atoms in total. The molecule has 0 fully saturated rings. The van der Waals surface area contributed by atoms with Crippen molar-refractivity contribution in [1.82, 2.24) is 0 Å². The number of ether oxygens (including phenoxy) is 2. The Bertz CT molecular complexity index is 274. The van der Waals surface area contributed by atoms with E-state index in [9.17, 15) is 0 Å². The summed E-state index contributed by atoms with van der Waals surface area (Å²) in [6.45, 7) is 2.84. The van der Waals surface area contributed by atoms with Crippen molar-refractivity contribution in [2.75, 3.05) is 13.7 Å². The van der Waals surface area contributed by atoms with Crippen LogP contribution in [0.2, 0.25) is 0 Å². The maximum Gasteiger partial charge on any atom is 0.136 e. The number of hydrogen-bond donors (Lipinski definition) is 0. The van der Waals surface area contributed by atoms with Crippen LogP contribution in [-0.4, -0.2) is 13.7 Å². The van der Waals surface area contributed by atoms with Gasteiger partial charge in [0, 0.05) is 0 Å². The van der Waals surface area contributed by atoms with Gasteiger partial charge in [0.05, 0.1) is 17.3 Å². The average molecular weight is 292 g/mol. The molecule has 0 spiro atoms. The van der Waals surface area contributed by atoms with Gasteiger partial charge in [0.2, 0.25) is 0 Å². The van der Waals surface area contributed by atoms with Gasteiger partial charge < -0.3 is 9.47 Å². The van der Waals surface area contributed by atoms with Crippen molar-refractivity contribution >= 4 is 22.6 Å². The molecule has 0 aliphatic carbocycles. The first-order chi connectivity index (χ1) is 6.29. The average Bonchev–Trinajstić information content (AvgIpc) is 2.16. The summed E-state index contributed by atoms with van der Waals surface area (Å²) in [4.78, 5) is 0. The number of rotatable bonds is 4. The molecule has 0 aliphatic rings. The topological polar surface area (TPSA) is 18.5 Å². The zero-order valence-corrected chi connectivity index (χ0v) is 10.00. The monoisotopic (exact) mass is 292 g/mol. The van der Waals surface area contributed by atoms with Crippen molar-refractivity contribution < 1.29 is 9.47 Å². The van der Waals surface area contributed by atoms with Gasteiger partial charge in [0.15, 0.2) is 0 Å². The molecule has 0 unspecified atom stereocenters. The molecular formula is C10H13IO2. The maximum atomic E-state index is 5.54. The summed E-state index contributed by atoms with van der Waals surface area (Å²) in [5, 5.41) is 0. The highest BCUT2D eigenvalue weighted by Gasteiger charge is 2.05. The van der Waals surface area contributed by atoms with Crippen LogP contribution < -0.4 is 9.47 Å². The first-order valence-corrected chi connectivity index (χ1v) is 5.32. The predicted molar refractivity (Wildman–Crippen MR) is 61.5 cm³/mol. The minimum Gasteiger partial charge on any atom is -0.496 e. The quantitative estimate of drug-likeness (QED) is 0.794. The van der Waals surface area contributed by atoms with Crippen molar-refractivity contribution in [3.05, 3.63) is 21.8 Å². The zero-order valence-electron chi connectivity index (χ0n) is 7.84. The summed E-state index contributed by atoms with van der Waals surface area (Å²) in [5.74, 6) is 1.77. The molecule has 1 rings (SSSR count). The van der Waals surface area contributed by atoms with Crippen LogP contribution in [0.15, 0.2) is 18.2 Å². The fourth-order valence-corrected chi connectivity index (χ4v) is 1.71. The largest absolute Gasteiger partial charge is 0.496 e. The molecule has 0 radical (unpaired) electrons. The summed E-state index contributed by atoms with van der Waals surface area (Å²) >= 11 is 2.23. The fourth-order valence-electron chi connectivity index (χ4n) is 0.972. The van der Waals surface area contributed by atoms with Crippen molar-refractivity contribution in [3.63, 3.8) is 0 Å². The molecule has 0 heterocycles. The van der Waals surface area contributed by atoms with Gasteiger partial charge >= 0.3 is 0 Å². The molecule has 0 aliphatic heterocycles. The molecule has 0 saturated heterocycles. The lowest BCUT2D eigenvalue weighted by Crippen LogP contribution is -1.98. The summed E-state index contributed by atoms with van der Waals surface area (Å²) < 4.78 is 11.8. The third-order valence-corrected chi connectivity index (χ3v) is 2.67.